The first kappa shape index (κ1) is 19.0. The van der Waals surface area contributed by atoms with Gasteiger partial charge >= 0.3 is 0 Å². The van der Waals surface area contributed by atoms with E-state index in [-0.39, 0.29) is 0 Å². The Balaban J connectivity index is 1.41. The van der Waals surface area contributed by atoms with E-state index in [4.69, 9.17) is 16.3 Å². The topological polar surface area (TPSA) is 41.1 Å². The smallest absolute Gasteiger partial charge is 0.0674 e. The lowest BCUT2D eigenvalue weighted by atomic mass is 9.82. The second-order valence-corrected chi connectivity index (χ2v) is 8.74. The Bertz CT molecular complexity index is 736. The number of ether oxygens (including phenoxy) is 1. The molecule has 146 valence electrons. The zero-order valence-corrected chi connectivity index (χ0v) is 17.1. The number of hydrogen-bond donors (Lipinski definition) is 1. The van der Waals surface area contributed by atoms with Crippen molar-refractivity contribution >= 4 is 11.6 Å². The molecule has 1 aromatic carbocycles. The van der Waals surface area contributed by atoms with Crippen molar-refractivity contribution in [3.8, 4) is 0 Å². The summed E-state index contributed by atoms with van der Waals surface area (Å²) >= 11 is 6.05. The van der Waals surface area contributed by atoms with Gasteiger partial charge in [0, 0.05) is 35.3 Å². The molecule has 1 aliphatic carbocycles. The van der Waals surface area contributed by atoms with Crippen LogP contribution in [-0.4, -0.2) is 46.4 Å². The lowest BCUT2D eigenvalue weighted by Gasteiger charge is -2.45. The molecule has 2 aliphatic rings. The maximum Gasteiger partial charge on any atom is 0.0674 e. The van der Waals surface area contributed by atoms with Crippen LogP contribution in [0.1, 0.15) is 55.5 Å². The average Bonchev–Trinajstić information content (AvgIpc) is 3.11. The van der Waals surface area contributed by atoms with Crippen LogP contribution in [-0.2, 0) is 11.2 Å². The standard InChI is InChI=1S/C22H30ClN3O/c1-15-11-22(25-24-15)18-5-9-20(10-6-18)26-13-16(2)27-14-21(26)12-17-3-7-19(23)8-4-17/h3-4,7-8,11,16,18,20-21H,5-6,9-10,12-14H2,1-2H3,(H,24,25). The molecule has 1 aliphatic heterocycles. The predicted molar refractivity (Wildman–Crippen MR) is 109 cm³/mol. The highest BCUT2D eigenvalue weighted by molar-refractivity contribution is 6.30. The van der Waals surface area contributed by atoms with Crippen LogP contribution in [0.4, 0.5) is 0 Å². The van der Waals surface area contributed by atoms with Crippen molar-refractivity contribution < 1.29 is 4.74 Å². The van der Waals surface area contributed by atoms with E-state index in [1.54, 1.807) is 0 Å². The van der Waals surface area contributed by atoms with E-state index in [0.29, 0.717) is 24.1 Å². The lowest BCUT2D eigenvalue weighted by Crippen LogP contribution is -2.54. The number of aryl methyl sites for hydroxylation is 1. The van der Waals surface area contributed by atoms with Crippen molar-refractivity contribution in [1.82, 2.24) is 15.1 Å². The maximum absolute atomic E-state index is 6.05. The molecule has 2 fully saturated rings. The molecule has 4 nitrogen and oxygen atoms in total. The molecule has 4 rings (SSSR count). The zero-order chi connectivity index (χ0) is 18.8. The van der Waals surface area contributed by atoms with Gasteiger partial charge in [0.1, 0.15) is 0 Å². The first-order valence-electron chi connectivity index (χ1n) is 10.2. The number of hydrogen-bond acceptors (Lipinski definition) is 3. The van der Waals surface area contributed by atoms with Gasteiger partial charge in [-0.15, -0.1) is 0 Å². The fraction of sp³-hybridized carbons (Fsp3) is 0.591. The Labute approximate surface area is 167 Å². The van der Waals surface area contributed by atoms with Crippen LogP contribution in [0.5, 0.6) is 0 Å². The summed E-state index contributed by atoms with van der Waals surface area (Å²) in [5.41, 5.74) is 3.75. The van der Waals surface area contributed by atoms with Gasteiger partial charge in [-0.05, 0) is 69.7 Å². The van der Waals surface area contributed by atoms with Crippen LogP contribution >= 0.6 is 11.6 Å². The number of benzene rings is 1. The van der Waals surface area contributed by atoms with E-state index in [0.717, 1.165) is 30.3 Å². The highest BCUT2D eigenvalue weighted by Crippen LogP contribution is 2.36. The Hall–Kier alpha value is -1.36. The van der Waals surface area contributed by atoms with E-state index in [1.165, 1.54) is 36.9 Å². The van der Waals surface area contributed by atoms with Crippen LogP contribution < -0.4 is 0 Å². The summed E-state index contributed by atoms with van der Waals surface area (Å²) in [6.45, 7) is 6.14. The van der Waals surface area contributed by atoms with Crippen molar-refractivity contribution in [3.05, 3.63) is 52.3 Å². The summed E-state index contributed by atoms with van der Waals surface area (Å²) in [7, 11) is 0. The molecule has 1 saturated carbocycles. The molecule has 2 aromatic rings. The number of H-pyrrole nitrogens is 1. The molecule has 1 aromatic heterocycles. The van der Waals surface area contributed by atoms with Gasteiger partial charge in [-0.25, -0.2) is 0 Å². The molecule has 0 amide bonds. The molecule has 1 saturated heterocycles. The quantitative estimate of drug-likeness (QED) is 0.824. The fourth-order valence-corrected chi connectivity index (χ4v) is 4.86. The minimum atomic E-state index is 0.318. The van der Waals surface area contributed by atoms with E-state index >= 15 is 0 Å². The molecular weight excluding hydrogens is 358 g/mol. The van der Waals surface area contributed by atoms with Crippen LogP contribution in [0.2, 0.25) is 5.02 Å². The Morgan fingerprint density at radius 3 is 2.59 bits per heavy atom. The molecule has 0 bridgehead atoms. The van der Waals surface area contributed by atoms with Gasteiger partial charge in [-0.2, -0.15) is 5.10 Å². The summed E-state index contributed by atoms with van der Waals surface area (Å²) in [5, 5.41) is 8.40. The Kier molecular flexibility index (Phi) is 5.86. The number of rotatable bonds is 4. The SMILES string of the molecule is Cc1cc(C2CCC(N3CC(C)OCC3Cc3ccc(Cl)cc3)CC2)n[nH]1. The van der Waals surface area contributed by atoms with Crippen molar-refractivity contribution in [2.75, 3.05) is 13.2 Å². The van der Waals surface area contributed by atoms with Gasteiger partial charge in [0.2, 0.25) is 0 Å². The van der Waals surface area contributed by atoms with E-state index in [1.807, 2.05) is 12.1 Å². The van der Waals surface area contributed by atoms with E-state index in [9.17, 15) is 0 Å². The number of nitrogens with zero attached hydrogens (tertiary/aromatic N) is 2. The molecule has 1 N–H and O–H groups in total. The van der Waals surface area contributed by atoms with Gasteiger partial charge in [0.05, 0.1) is 18.4 Å². The molecule has 0 radical (unpaired) electrons. The van der Waals surface area contributed by atoms with Crippen molar-refractivity contribution in [2.45, 2.75) is 70.1 Å². The van der Waals surface area contributed by atoms with Gasteiger partial charge in [0.15, 0.2) is 0 Å². The molecule has 27 heavy (non-hydrogen) atoms. The second-order valence-electron chi connectivity index (χ2n) is 8.31. The first-order chi connectivity index (χ1) is 13.1. The van der Waals surface area contributed by atoms with Crippen molar-refractivity contribution in [3.63, 3.8) is 0 Å². The van der Waals surface area contributed by atoms with Gasteiger partial charge < -0.3 is 4.74 Å². The lowest BCUT2D eigenvalue weighted by molar-refractivity contribution is -0.0769. The molecule has 2 atom stereocenters. The third kappa shape index (κ3) is 4.56. The Morgan fingerprint density at radius 1 is 1.19 bits per heavy atom. The molecular formula is C22H30ClN3O. The Morgan fingerprint density at radius 2 is 1.93 bits per heavy atom. The first-order valence-corrected chi connectivity index (χ1v) is 10.6. The summed E-state index contributed by atoms with van der Waals surface area (Å²) < 4.78 is 6.02. The highest BCUT2D eigenvalue weighted by atomic mass is 35.5. The van der Waals surface area contributed by atoms with E-state index in [2.05, 4.69) is 47.1 Å². The number of nitrogens with one attached hydrogen (secondary N) is 1. The van der Waals surface area contributed by atoms with Crippen LogP contribution in [0.15, 0.2) is 30.3 Å². The summed E-state index contributed by atoms with van der Waals surface area (Å²) in [5.74, 6) is 0.611. The minimum absolute atomic E-state index is 0.318. The molecule has 0 spiro atoms. The van der Waals surface area contributed by atoms with Crippen LogP contribution in [0.25, 0.3) is 0 Å². The predicted octanol–water partition coefficient (Wildman–Crippen LogP) is 4.73. The largest absolute Gasteiger partial charge is 0.376 e. The minimum Gasteiger partial charge on any atom is -0.376 e. The summed E-state index contributed by atoms with van der Waals surface area (Å²) in [6.07, 6.45) is 6.31. The molecule has 5 heteroatoms. The van der Waals surface area contributed by atoms with Crippen LogP contribution in [0.3, 0.4) is 0 Å². The third-order valence-electron chi connectivity index (χ3n) is 6.20. The number of aromatic nitrogens is 2. The number of halogens is 1. The maximum atomic E-state index is 6.05. The van der Waals surface area contributed by atoms with Gasteiger partial charge in [-0.3, -0.25) is 10.00 Å². The van der Waals surface area contributed by atoms with E-state index < -0.39 is 0 Å². The second kappa shape index (κ2) is 8.34. The highest BCUT2D eigenvalue weighted by Gasteiger charge is 2.35. The number of aromatic amines is 1. The van der Waals surface area contributed by atoms with Crippen LogP contribution in [0, 0.1) is 6.92 Å². The van der Waals surface area contributed by atoms with Gasteiger partial charge in [-0.1, -0.05) is 23.7 Å². The van der Waals surface area contributed by atoms with Crippen molar-refractivity contribution in [1.29, 1.82) is 0 Å². The number of morpholine rings is 1. The third-order valence-corrected chi connectivity index (χ3v) is 6.46. The fourth-order valence-electron chi connectivity index (χ4n) is 4.74. The van der Waals surface area contributed by atoms with Gasteiger partial charge in [0.25, 0.3) is 0 Å². The summed E-state index contributed by atoms with van der Waals surface area (Å²) in [4.78, 5) is 2.73. The average molecular weight is 388 g/mol. The van der Waals surface area contributed by atoms with Crippen molar-refractivity contribution in [2.24, 2.45) is 0 Å². The summed E-state index contributed by atoms with van der Waals surface area (Å²) in [6, 6.07) is 11.6. The monoisotopic (exact) mass is 387 g/mol. The normalized spacial score (nSPS) is 29.7. The molecule has 2 heterocycles. The molecule has 2 unspecified atom stereocenters. The zero-order valence-electron chi connectivity index (χ0n) is 16.3.